The van der Waals surface area contributed by atoms with Crippen molar-refractivity contribution in [3.8, 4) is 0 Å². The van der Waals surface area contributed by atoms with Gasteiger partial charge < -0.3 is 14.9 Å². The molecule has 0 aromatic heterocycles. The minimum atomic E-state index is -4.15. The zero-order chi connectivity index (χ0) is 16.8. The first kappa shape index (κ1) is 18.5. The largest absolute Gasteiger partial charge is 0.391 e. The maximum absolute atomic E-state index is 12.4. The second-order valence-electron chi connectivity index (χ2n) is 5.42. The Labute approximate surface area is 128 Å². The van der Waals surface area contributed by atoms with Crippen molar-refractivity contribution >= 4 is 5.91 Å². The van der Waals surface area contributed by atoms with Crippen LogP contribution in [0.2, 0.25) is 0 Å². The van der Waals surface area contributed by atoms with Gasteiger partial charge in [-0.3, -0.25) is 4.79 Å². The number of hydrogen-bond donors (Lipinski definition) is 1. The maximum Gasteiger partial charge on any atom is 0.391 e. The molecule has 0 saturated carbocycles. The summed E-state index contributed by atoms with van der Waals surface area (Å²) < 4.78 is 37.2. The number of unbranched alkanes of at least 4 members (excludes halogenated alkanes) is 1. The van der Waals surface area contributed by atoms with Crippen molar-refractivity contribution in [3.63, 3.8) is 0 Å². The topological polar surface area (TPSA) is 43.8 Å². The number of carbonyl (C=O) groups is 1. The molecule has 1 rings (SSSR count). The van der Waals surface area contributed by atoms with Gasteiger partial charge in [0, 0.05) is 19.6 Å². The summed E-state index contributed by atoms with van der Waals surface area (Å²) >= 11 is 0. The second-order valence-corrected chi connectivity index (χ2v) is 5.42. The SMILES string of the molecule is C=C/C=C1/C(=O)N(CCCCC(C)C(F)(F)F)CCN1CO. The monoisotopic (exact) mass is 320 g/mol. The standard InChI is InChI=1S/C15H23F3N2O2/c1-3-6-13-14(22)19(9-10-20(13)11-21)8-5-4-7-12(2)15(16,17)18/h3,6,12,21H,1,4-5,7-11H2,2H3/b13-6-. The Morgan fingerprint density at radius 1 is 1.32 bits per heavy atom. The minimum Gasteiger partial charge on any atom is -0.376 e. The molecule has 0 spiro atoms. The van der Waals surface area contributed by atoms with Crippen molar-refractivity contribution in [1.82, 2.24) is 9.80 Å². The smallest absolute Gasteiger partial charge is 0.376 e. The molecular weight excluding hydrogens is 297 g/mol. The number of alkyl halides is 3. The first-order valence-electron chi connectivity index (χ1n) is 7.35. The third kappa shape index (κ3) is 5.05. The lowest BCUT2D eigenvalue weighted by atomic mass is 10.0. The molecule has 4 nitrogen and oxygen atoms in total. The number of piperazine rings is 1. The molecule has 22 heavy (non-hydrogen) atoms. The molecule has 1 N–H and O–H groups in total. The van der Waals surface area contributed by atoms with Crippen molar-refractivity contribution in [3.05, 3.63) is 24.4 Å². The van der Waals surface area contributed by atoms with Gasteiger partial charge in [0.1, 0.15) is 12.4 Å². The van der Waals surface area contributed by atoms with Gasteiger partial charge in [0.05, 0.1) is 5.92 Å². The first-order valence-corrected chi connectivity index (χ1v) is 7.35. The predicted molar refractivity (Wildman–Crippen MR) is 77.7 cm³/mol. The molecule has 126 valence electrons. The summed E-state index contributed by atoms with van der Waals surface area (Å²) in [4.78, 5) is 15.4. The summed E-state index contributed by atoms with van der Waals surface area (Å²) in [6, 6.07) is 0. The van der Waals surface area contributed by atoms with Gasteiger partial charge in [0.25, 0.3) is 5.91 Å². The van der Waals surface area contributed by atoms with Crippen molar-refractivity contribution in [2.75, 3.05) is 26.4 Å². The summed E-state index contributed by atoms with van der Waals surface area (Å²) in [5, 5.41) is 9.22. The van der Waals surface area contributed by atoms with Crippen LogP contribution in [0.3, 0.4) is 0 Å². The number of aliphatic hydroxyl groups is 1. The van der Waals surface area contributed by atoms with E-state index in [4.69, 9.17) is 0 Å². The fraction of sp³-hybridized carbons (Fsp3) is 0.667. The molecule has 1 aliphatic heterocycles. The zero-order valence-corrected chi connectivity index (χ0v) is 12.8. The Hall–Kier alpha value is -1.50. The van der Waals surface area contributed by atoms with Gasteiger partial charge in [-0.05, 0) is 18.9 Å². The van der Waals surface area contributed by atoms with Crippen LogP contribution in [0.1, 0.15) is 26.2 Å². The normalized spacial score (nSPS) is 19.7. The van der Waals surface area contributed by atoms with E-state index in [2.05, 4.69) is 6.58 Å². The number of rotatable bonds is 7. The van der Waals surface area contributed by atoms with Crippen LogP contribution in [0.15, 0.2) is 24.4 Å². The highest BCUT2D eigenvalue weighted by Crippen LogP contribution is 2.29. The third-order valence-electron chi connectivity index (χ3n) is 3.81. The van der Waals surface area contributed by atoms with E-state index in [9.17, 15) is 23.1 Å². The van der Waals surface area contributed by atoms with Crippen molar-refractivity contribution in [2.24, 2.45) is 5.92 Å². The average Bonchev–Trinajstić information content (AvgIpc) is 2.46. The Morgan fingerprint density at radius 2 is 1.95 bits per heavy atom. The summed E-state index contributed by atoms with van der Waals surface area (Å²) in [7, 11) is 0. The molecule has 1 heterocycles. The Balaban J connectivity index is 2.45. The molecule has 0 aromatic carbocycles. The fourth-order valence-corrected chi connectivity index (χ4v) is 2.33. The highest BCUT2D eigenvalue weighted by atomic mass is 19.4. The summed E-state index contributed by atoms with van der Waals surface area (Å²) in [5.41, 5.74) is 0.368. The van der Waals surface area contributed by atoms with E-state index >= 15 is 0 Å². The van der Waals surface area contributed by atoms with E-state index in [0.717, 1.165) is 0 Å². The fourth-order valence-electron chi connectivity index (χ4n) is 2.33. The molecule has 1 amide bonds. The van der Waals surface area contributed by atoms with Gasteiger partial charge in [0.2, 0.25) is 0 Å². The van der Waals surface area contributed by atoms with Gasteiger partial charge in [0.15, 0.2) is 0 Å². The van der Waals surface area contributed by atoms with E-state index in [1.165, 1.54) is 19.1 Å². The molecule has 1 fully saturated rings. The molecule has 7 heteroatoms. The Bertz CT molecular complexity index is 422. The molecule has 0 aromatic rings. The molecule has 0 aliphatic carbocycles. The number of halogens is 3. The number of allylic oxidation sites excluding steroid dienone is 2. The van der Waals surface area contributed by atoms with Crippen LogP contribution < -0.4 is 0 Å². The van der Waals surface area contributed by atoms with Crippen LogP contribution in [-0.2, 0) is 4.79 Å². The average molecular weight is 320 g/mol. The number of carbonyl (C=O) groups excluding carboxylic acids is 1. The molecule has 1 atom stereocenters. The van der Waals surface area contributed by atoms with Gasteiger partial charge in [-0.2, -0.15) is 13.2 Å². The molecule has 1 unspecified atom stereocenters. The lowest BCUT2D eigenvalue weighted by Crippen LogP contribution is -2.49. The predicted octanol–water partition coefficient (Wildman–Crippen LogP) is 2.52. The highest BCUT2D eigenvalue weighted by Gasteiger charge is 2.35. The van der Waals surface area contributed by atoms with Gasteiger partial charge in [-0.15, -0.1) is 0 Å². The molecular formula is C15H23F3N2O2. The van der Waals surface area contributed by atoms with Crippen LogP contribution in [-0.4, -0.2) is 53.4 Å². The molecule has 0 bridgehead atoms. The summed E-state index contributed by atoms with van der Waals surface area (Å²) in [6.45, 7) is 5.86. The molecule has 1 aliphatic rings. The van der Waals surface area contributed by atoms with Crippen LogP contribution in [0.4, 0.5) is 13.2 Å². The summed E-state index contributed by atoms with van der Waals surface area (Å²) in [6.07, 6.45) is -0.103. The summed E-state index contributed by atoms with van der Waals surface area (Å²) in [5.74, 6) is -1.53. The number of amides is 1. The van der Waals surface area contributed by atoms with E-state index in [-0.39, 0.29) is 19.1 Å². The minimum absolute atomic E-state index is 0.0731. The van der Waals surface area contributed by atoms with Crippen LogP contribution >= 0.6 is 0 Å². The highest BCUT2D eigenvalue weighted by molar-refractivity contribution is 5.93. The van der Waals surface area contributed by atoms with Crippen LogP contribution in [0.5, 0.6) is 0 Å². The lowest BCUT2D eigenvalue weighted by Gasteiger charge is -2.36. The van der Waals surface area contributed by atoms with Gasteiger partial charge >= 0.3 is 6.18 Å². The van der Waals surface area contributed by atoms with Gasteiger partial charge in [-0.1, -0.05) is 26.0 Å². The third-order valence-corrected chi connectivity index (χ3v) is 3.81. The lowest BCUT2D eigenvalue weighted by molar-refractivity contribution is -0.171. The van der Waals surface area contributed by atoms with Crippen LogP contribution in [0.25, 0.3) is 0 Å². The Kier molecular flexibility index (Phi) is 6.93. The van der Waals surface area contributed by atoms with E-state index < -0.39 is 12.1 Å². The van der Waals surface area contributed by atoms with Crippen LogP contribution in [0, 0.1) is 5.92 Å². The van der Waals surface area contributed by atoms with E-state index in [1.807, 2.05) is 0 Å². The number of nitrogens with zero attached hydrogens (tertiary/aromatic N) is 2. The van der Waals surface area contributed by atoms with Crippen molar-refractivity contribution in [2.45, 2.75) is 32.4 Å². The van der Waals surface area contributed by atoms with Crippen molar-refractivity contribution < 1.29 is 23.1 Å². The van der Waals surface area contributed by atoms with E-state index in [0.29, 0.717) is 38.2 Å². The van der Waals surface area contributed by atoms with Gasteiger partial charge in [-0.25, -0.2) is 0 Å². The second kappa shape index (κ2) is 8.22. The molecule has 0 radical (unpaired) electrons. The van der Waals surface area contributed by atoms with E-state index in [1.54, 1.807) is 9.80 Å². The Morgan fingerprint density at radius 3 is 2.50 bits per heavy atom. The molecule has 1 saturated heterocycles. The quantitative estimate of drug-likeness (QED) is 0.579. The zero-order valence-electron chi connectivity index (χ0n) is 12.8. The maximum atomic E-state index is 12.4. The van der Waals surface area contributed by atoms with Crippen molar-refractivity contribution in [1.29, 1.82) is 0 Å². The number of aliphatic hydroxyl groups excluding tert-OH is 1. The number of hydrogen-bond acceptors (Lipinski definition) is 3. The first-order chi connectivity index (χ1) is 10.3.